The molecule has 1 nitrogen and oxygen atoms in total. The van der Waals surface area contributed by atoms with Gasteiger partial charge in [0.1, 0.15) is 0 Å². The lowest BCUT2D eigenvalue weighted by Crippen LogP contribution is -2.32. The third kappa shape index (κ3) is 2.44. The third-order valence-corrected chi connectivity index (χ3v) is 5.16. The second-order valence-electron chi connectivity index (χ2n) is 5.43. The minimum Gasteiger partial charge on any atom is -0.387 e. The summed E-state index contributed by atoms with van der Waals surface area (Å²) in [6.45, 7) is 4.55. The Balaban J connectivity index is 2.17. The molecule has 1 N–H and O–H groups in total. The molecule has 1 heterocycles. The zero-order chi connectivity index (χ0) is 11.8. The van der Waals surface area contributed by atoms with Crippen LogP contribution in [0.2, 0.25) is 4.34 Å². The van der Waals surface area contributed by atoms with Crippen molar-refractivity contribution in [2.45, 2.75) is 45.6 Å². The van der Waals surface area contributed by atoms with Crippen LogP contribution < -0.4 is 0 Å². The molecule has 1 aliphatic rings. The molecule has 0 bridgehead atoms. The van der Waals surface area contributed by atoms with Gasteiger partial charge in [-0.05, 0) is 36.3 Å². The molecule has 1 aromatic rings. The van der Waals surface area contributed by atoms with Gasteiger partial charge in [-0.25, -0.2) is 0 Å². The van der Waals surface area contributed by atoms with E-state index in [-0.39, 0.29) is 11.5 Å². The molecule has 2 atom stereocenters. The molecule has 2 unspecified atom stereocenters. The molecule has 1 saturated carbocycles. The van der Waals surface area contributed by atoms with Crippen molar-refractivity contribution in [3.8, 4) is 0 Å². The quantitative estimate of drug-likeness (QED) is 0.819. The largest absolute Gasteiger partial charge is 0.387 e. The number of hydrogen-bond donors (Lipinski definition) is 1. The van der Waals surface area contributed by atoms with Gasteiger partial charge in [-0.1, -0.05) is 38.3 Å². The summed E-state index contributed by atoms with van der Waals surface area (Å²) in [6.07, 6.45) is 4.54. The molecule has 16 heavy (non-hydrogen) atoms. The van der Waals surface area contributed by atoms with Gasteiger partial charge in [0.25, 0.3) is 0 Å². The topological polar surface area (TPSA) is 20.2 Å². The molecule has 2 rings (SSSR count). The zero-order valence-corrected chi connectivity index (χ0v) is 11.4. The van der Waals surface area contributed by atoms with Crippen LogP contribution in [0.25, 0.3) is 0 Å². The van der Waals surface area contributed by atoms with Crippen molar-refractivity contribution in [2.24, 2.45) is 11.3 Å². The van der Waals surface area contributed by atoms with Crippen molar-refractivity contribution in [3.63, 3.8) is 0 Å². The van der Waals surface area contributed by atoms with Gasteiger partial charge in [0.2, 0.25) is 0 Å². The summed E-state index contributed by atoms with van der Waals surface area (Å²) >= 11 is 7.43. The molecule has 0 spiro atoms. The Hall–Kier alpha value is -0.0500. The van der Waals surface area contributed by atoms with E-state index in [4.69, 9.17) is 11.6 Å². The van der Waals surface area contributed by atoms with E-state index in [2.05, 4.69) is 13.8 Å². The van der Waals surface area contributed by atoms with Gasteiger partial charge in [-0.3, -0.25) is 0 Å². The zero-order valence-electron chi connectivity index (χ0n) is 9.87. The summed E-state index contributed by atoms with van der Waals surface area (Å²) in [5.41, 5.74) is 0.244. The standard InChI is InChI=1S/C13H19ClOS/c1-13(2)8-4-3-5-9(13)12(15)10-6-7-11(14)16-10/h6-7,9,12,15H,3-5,8H2,1-2H3. The second kappa shape index (κ2) is 4.67. The Kier molecular flexibility index (Phi) is 3.62. The highest BCUT2D eigenvalue weighted by Crippen LogP contribution is 2.47. The van der Waals surface area contributed by atoms with Gasteiger partial charge in [-0.2, -0.15) is 0 Å². The van der Waals surface area contributed by atoms with Crippen molar-refractivity contribution in [1.82, 2.24) is 0 Å². The van der Waals surface area contributed by atoms with E-state index >= 15 is 0 Å². The predicted octanol–water partition coefficient (Wildman–Crippen LogP) is 4.65. The summed E-state index contributed by atoms with van der Waals surface area (Å²) in [5.74, 6) is 0.371. The Morgan fingerprint density at radius 1 is 1.44 bits per heavy atom. The monoisotopic (exact) mass is 258 g/mol. The maximum Gasteiger partial charge on any atom is 0.0932 e. The van der Waals surface area contributed by atoms with E-state index in [1.165, 1.54) is 30.6 Å². The Morgan fingerprint density at radius 2 is 2.19 bits per heavy atom. The number of rotatable bonds is 2. The number of halogens is 1. The van der Waals surface area contributed by atoms with Gasteiger partial charge in [0.15, 0.2) is 0 Å². The summed E-state index contributed by atoms with van der Waals surface area (Å²) in [7, 11) is 0. The minimum absolute atomic E-state index is 0.244. The summed E-state index contributed by atoms with van der Waals surface area (Å²) < 4.78 is 0.766. The van der Waals surface area contributed by atoms with E-state index in [1.54, 1.807) is 0 Å². The van der Waals surface area contributed by atoms with Crippen LogP contribution in [0, 0.1) is 11.3 Å². The minimum atomic E-state index is -0.340. The van der Waals surface area contributed by atoms with Crippen molar-refractivity contribution < 1.29 is 5.11 Å². The average Bonchev–Trinajstić information content (AvgIpc) is 2.63. The Bertz CT molecular complexity index is 359. The normalized spacial score (nSPS) is 26.6. The fourth-order valence-corrected chi connectivity index (χ4v) is 3.90. The molecule has 1 aliphatic carbocycles. The van der Waals surface area contributed by atoms with Crippen LogP contribution in [0.4, 0.5) is 0 Å². The first-order chi connectivity index (χ1) is 7.50. The SMILES string of the molecule is CC1(C)CCCCC1C(O)c1ccc(Cl)s1. The van der Waals surface area contributed by atoms with Crippen LogP contribution in [-0.2, 0) is 0 Å². The summed E-state index contributed by atoms with van der Waals surface area (Å²) in [6, 6.07) is 3.84. The van der Waals surface area contributed by atoms with E-state index in [0.717, 1.165) is 15.6 Å². The fourth-order valence-electron chi connectivity index (χ4n) is 2.79. The van der Waals surface area contributed by atoms with Crippen molar-refractivity contribution in [1.29, 1.82) is 0 Å². The highest BCUT2D eigenvalue weighted by molar-refractivity contribution is 7.16. The number of aliphatic hydroxyl groups is 1. The van der Waals surface area contributed by atoms with E-state index < -0.39 is 0 Å². The van der Waals surface area contributed by atoms with Crippen molar-refractivity contribution >= 4 is 22.9 Å². The van der Waals surface area contributed by atoms with Crippen LogP contribution in [-0.4, -0.2) is 5.11 Å². The fraction of sp³-hybridized carbons (Fsp3) is 0.692. The highest BCUT2D eigenvalue weighted by atomic mass is 35.5. The average molecular weight is 259 g/mol. The first-order valence-electron chi connectivity index (χ1n) is 5.94. The number of thiophene rings is 1. The number of hydrogen-bond acceptors (Lipinski definition) is 2. The van der Waals surface area contributed by atoms with E-state index in [9.17, 15) is 5.11 Å². The molecule has 0 amide bonds. The van der Waals surface area contributed by atoms with Crippen LogP contribution >= 0.6 is 22.9 Å². The lowest BCUT2D eigenvalue weighted by Gasteiger charge is -2.41. The van der Waals surface area contributed by atoms with E-state index in [0.29, 0.717) is 5.92 Å². The third-order valence-electron chi connectivity index (χ3n) is 3.86. The molecule has 1 aromatic heterocycles. The van der Waals surface area contributed by atoms with Crippen LogP contribution in [0.15, 0.2) is 12.1 Å². The maximum absolute atomic E-state index is 10.4. The molecule has 0 radical (unpaired) electrons. The van der Waals surface area contributed by atoms with Gasteiger partial charge >= 0.3 is 0 Å². The lowest BCUT2D eigenvalue weighted by molar-refractivity contribution is 0.00589. The van der Waals surface area contributed by atoms with Crippen molar-refractivity contribution in [2.75, 3.05) is 0 Å². The highest BCUT2D eigenvalue weighted by Gasteiger charge is 2.37. The van der Waals surface area contributed by atoms with Gasteiger partial charge in [0.05, 0.1) is 10.4 Å². The van der Waals surface area contributed by atoms with Gasteiger partial charge < -0.3 is 5.11 Å². The molecule has 90 valence electrons. The summed E-state index contributed by atoms with van der Waals surface area (Å²) in [4.78, 5) is 1.02. The van der Waals surface area contributed by atoms with Crippen LogP contribution in [0.1, 0.15) is 50.5 Å². The molecule has 3 heteroatoms. The molecule has 0 saturated heterocycles. The van der Waals surface area contributed by atoms with E-state index in [1.807, 2.05) is 12.1 Å². The summed E-state index contributed by atoms with van der Waals surface area (Å²) in [5, 5.41) is 10.4. The molecule has 0 aromatic carbocycles. The van der Waals surface area contributed by atoms with Gasteiger partial charge in [0, 0.05) is 4.88 Å². The lowest BCUT2D eigenvalue weighted by atomic mass is 9.66. The van der Waals surface area contributed by atoms with Crippen molar-refractivity contribution in [3.05, 3.63) is 21.3 Å². The van der Waals surface area contributed by atoms with Crippen LogP contribution in [0.3, 0.4) is 0 Å². The Labute approximate surface area is 106 Å². The first kappa shape index (κ1) is 12.4. The van der Waals surface area contributed by atoms with Crippen LogP contribution in [0.5, 0.6) is 0 Å². The second-order valence-corrected chi connectivity index (χ2v) is 7.17. The smallest absolute Gasteiger partial charge is 0.0932 e. The molecular formula is C13H19ClOS. The molecule has 1 fully saturated rings. The van der Waals surface area contributed by atoms with Gasteiger partial charge in [-0.15, -0.1) is 11.3 Å². The molecular weight excluding hydrogens is 240 g/mol. The Morgan fingerprint density at radius 3 is 2.75 bits per heavy atom. The maximum atomic E-state index is 10.4. The first-order valence-corrected chi connectivity index (χ1v) is 7.13. The predicted molar refractivity (Wildman–Crippen MR) is 70.0 cm³/mol. The molecule has 0 aliphatic heterocycles. The number of aliphatic hydroxyl groups excluding tert-OH is 1.